The molecule has 2 heteroatoms. The van der Waals surface area contributed by atoms with Crippen molar-refractivity contribution in [3.8, 4) is 0 Å². The molecule has 2 N–H and O–H groups in total. The van der Waals surface area contributed by atoms with Gasteiger partial charge in [-0.3, -0.25) is 0 Å². The Bertz CT molecular complexity index is 435. The first-order valence-corrected chi connectivity index (χ1v) is 8.41. The van der Waals surface area contributed by atoms with Crippen molar-refractivity contribution >= 4 is 0 Å². The summed E-state index contributed by atoms with van der Waals surface area (Å²) in [5, 5.41) is 14.0. The highest BCUT2D eigenvalue weighted by Gasteiger charge is 2.31. The molecule has 2 atom stereocenters. The normalized spacial score (nSPS) is 23.2. The van der Waals surface area contributed by atoms with Crippen molar-refractivity contribution in [2.75, 3.05) is 6.54 Å². The van der Waals surface area contributed by atoms with Crippen molar-refractivity contribution in [2.24, 2.45) is 5.41 Å². The molecule has 0 bridgehead atoms. The molecule has 0 radical (unpaired) electrons. The summed E-state index contributed by atoms with van der Waals surface area (Å²) in [5.41, 5.74) is 2.69. The van der Waals surface area contributed by atoms with Crippen LogP contribution >= 0.6 is 0 Å². The van der Waals surface area contributed by atoms with E-state index in [0.717, 1.165) is 5.56 Å². The van der Waals surface area contributed by atoms with E-state index in [4.69, 9.17) is 0 Å². The lowest BCUT2D eigenvalue weighted by atomic mass is 9.73. The van der Waals surface area contributed by atoms with Gasteiger partial charge in [0.1, 0.15) is 0 Å². The van der Waals surface area contributed by atoms with Crippen LogP contribution in [0.2, 0.25) is 0 Å². The highest BCUT2D eigenvalue weighted by Crippen LogP contribution is 2.35. The predicted molar refractivity (Wildman–Crippen MR) is 89.5 cm³/mol. The molecule has 0 spiro atoms. The van der Waals surface area contributed by atoms with Crippen molar-refractivity contribution in [1.29, 1.82) is 0 Å². The van der Waals surface area contributed by atoms with Crippen molar-refractivity contribution in [3.63, 3.8) is 0 Å². The fourth-order valence-electron chi connectivity index (χ4n) is 3.35. The van der Waals surface area contributed by atoms with E-state index in [1.807, 2.05) is 0 Å². The summed E-state index contributed by atoms with van der Waals surface area (Å²) >= 11 is 0. The summed E-state index contributed by atoms with van der Waals surface area (Å²) in [6.45, 7) is 9.71. The van der Waals surface area contributed by atoms with Crippen LogP contribution in [0.15, 0.2) is 24.3 Å². The largest absolute Gasteiger partial charge is 0.387 e. The third-order valence-electron chi connectivity index (χ3n) is 5.05. The summed E-state index contributed by atoms with van der Waals surface area (Å²) in [6, 6.07) is 8.92. The Morgan fingerprint density at radius 2 is 1.76 bits per heavy atom. The standard InChI is InChI=1S/C19H31NO/c1-14(2)15-8-10-16(11-9-15)17(21)13-20-18-7-5-6-12-19(18,3)4/h8-11,14,17-18,20-21H,5-7,12-13H2,1-4H3. The molecule has 1 aliphatic carbocycles. The van der Waals surface area contributed by atoms with Gasteiger partial charge in [-0.25, -0.2) is 0 Å². The third kappa shape index (κ3) is 4.31. The maximum atomic E-state index is 10.4. The monoisotopic (exact) mass is 289 g/mol. The van der Waals surface area contributed by atoms with Gasteiger partial charge in [0.25, 0.3) is 0 Å². The van der Waals surface area contributed by atoms with Crippen molar-refractivity contribution in [3.05, 3.63) is 35.4 Å². The summed E-state index contributed by atoms with van der Waals surface area (Å²) < 4.78 is 0. The smallest absolute Gasteiger partial charge is 0.0914 e. The number of nitrogens with one attached hydrogen (secondary N) is 1. The molecule has 1 fully saturated rings. The average molecular weight is 289 g/mol. The second-order valence-corrected chi connectivity index (χ2v) is 7.53. The van der Waals surface area contributed by atoms with Gasteiger partial charge < -0.3 is 10.4 Å². The molecule has 118 valence electrons. The Morgan fingerprint density at radius 1 is 1.14 bits per heavy atom. The van der Waals surface area contributed by atoms with Gasteiger partial charge in [-0.1, -0.05) is 64.8 Å². The molecule has 1 aromatic rings. The van der Waals surface area contributed by atoms with Crippen LogP contribution in [0.25, 0.3) is 0 Å². The lowest BCUT2D eigenvalue weighted by molar-refractivity contribution is 0.127. The molecule has 0 heterocycles. The first-order chi connectivity index (χ1) is 9.90. The Kier molecular flexibility index (Phi) is 5.45. The van der Waals surface area contributed by atoms with E-state index in [9.17, 15) is 5.11 Å². The molecule has 1 aromatic carbocycles. The molecule has 1 saturated carbocycles. The van der Waals surface area contributed by atoms with Crippen molar-refractivity contribution in [1.82, 2.24) is 5.32 Å². The van der Waals surface area contributed by atoms with Crippen molar-refractivity contribution < 1.29 is 5.11 Å². The Labute approximate surface area is 130 Å². The maximum absolute atomic E-state index is 10.4. The van der Waals surface area contributed by atoms with Gasteiger partial charge in [-0.15, -0.1) is 0 Å². The van der Waals surface area contributed by atoms with Crippen LogP contribution in [0, 0.1) is 5.41 Å². The van der Waals surface area contributed by atoms with E-state index in [1.165, 1.54) is 31.2 Å². The van der Waals surface area contributed by atoms with E-state index in [0.29, 0.717) is 23.9 Å². The molecule has 0 aliphatic heterocycles. The lowest BCUT2D eigenvalue weighted by Crippen LogP contribution is -2.45. The highest BCUT2D eigenvalue weighted by atomic mass is 16.3. The molecule has 2 unspecified atom stereocenters. The van der Waals surface area contributed by atoms with Crippen LogP contribution in [0.5, 0.6) is 0 Å². The lowest BCUT2D eigenvalue weighted by Gasteiger charge is -2.39. The van der Waals surface area contributed by atoms with Crippen LogP contribution in [0.3, 0.4) is 0 Å². The quantitative estimate of drug-likeness (QED) is 0.842. The molecule has 2 rings (SSSR count). The highest BCUT2D eigenvalue weighted by molar-refractivity contribution is 5.26. The Hall–Kier alpha value is -0.860. The molecular formula is C19H31NO. The molecule has 0 aromatic heterocycles. The van der Waals surface area contributed by atoms with Gasteiger partial charge in [0.15, 0.2) is 0 Å². The third-order valence-corrected chi connectivity index (χ3v) is 5.05. The van der Waals surface area contributed by atoms with E-state index < -0.39 is 6.10 Å². The topological polar surface area (TPSA) is 32.3 Å². The van der Waals surface area contributed by atoms with Crippen LogP contribution in [0.4, 0.5) is 0 Å². The number of benzene rings is 1. The van der Waals surface area contributed by atoms with E-state index >= 15 is 0 Å². The van der Waals surface area contributed by atoms with Gasteiger partial charge in [0.05, 0.1) is 6.10 Å². The maximum Gasteiger partial charge on any atom is 0.0914 e. The first kappa shape index (κ1) is 16.5. The second-order valence-electron chi connectivity index (χ2n) is 7.53. The minimum atomic E-state index is -0.413. The average Bonchev–Trinajstić information content (AvgIpc) is 2.45. The molecule has 0 saturated heterocycles. The van der Waals surface area contributed by atoms with Crippen LogP contribution < -0.4 is 5.32 Å². The van der Waals surface area contributed by atoms with Gasteiger partial charge in [-0.05, 0) is 35.3 Å². The molecule has 2 nitrogen and oxygen atoms in total. The van der Waals surface area contributed by atoms with Crippen LogP contribution in [-0.4, -0.2) is 17.7 Å². The second kappa shape index (κ2) is 6.93. The fourth-order valence-corrected chi connectivity index (χ4v) is 3.35. The zero-order valence-corrected chi connectivity index (χ0v) is 14.0. The van der Waals surface area contributed by atoms with Crippen LogP contribution in [-0.2, 0) is 0 Å². The van der Waals surface area contributed by atoms with Crippen molar-refractivity contribution in [2.45, 2.75) is 71.4 Å². The number of hydrogen-bond acceptors (Lipinski definition) is 2. The number of rotatable bonds is 5. The summed E-state index contributed by atoms with van der Waals surface area (Å²) in [5.74, 6) is 0.539. The molecule has 21 heavy (non-hydrogen) atoms. The van der Waals surface area contributed by atoms with E-state index in [-0.39, 0.29) is 0 Å². The predicted octanol–water partition coefficient (Wildman–Crippen LogP) is 4.40. The molecule has 1 aliphatic rings. The minimum absolute atomic E-state index is 0.347. The van der Waals surface area contributed by atoms with Gasteiger partial charge in [-0.2, -0.15) is 0 Å². The van der Waals surface area contributed by atoms with E-state index in [1.54, 1.807) is 0 Å². The van der Waals surface area contributed by atoms with Crippen LogP contribution in [0.1, 0.15) is 76.5 Å². The summed E-state index contributed by atoms with van der Waals surface area (Å²) in [4.78, 5) is 0. The zero-order chi connectivity index (χ0) is 15.5. The fraction of sp³-hybridized carbons (Fsp3) is 0.684. The zero-order valence-electron chi connectivity index (χ0n) is 14.0. The van der Waals surface area contributed by atoms with Gasteiger partial charge in [0.2, 0.25) is 0 Å². The van der Waals surface area contributed by atoms with Gasteiger partial charge in [0, 0.05) is 12.6 Å². The van der Waals surface area contributed by atoms with E-state index in [2.05, 4.69) is 57.3 Å². The molecular weight excluding hydrogens is 258 g/mol. The number of aliphatic hydroxyl groups is 1. The number of hydrogen-bond donors (Lipinski definition) is 2. The Morgan fingerprint density at radius 3 is 2.33 bits per heavy atom. The summed E-state index contributed by atoms with van der Waals surface area (Å²) in [7, 11) is 0. The summed E-state index contributed by atoms with van der Waals surface area (Å²) in [6.07, 6.45) is 4.74. The first-order valence-electron chi connectivity index (χ1n) is 8.41. The Balaban J connectivity index is 1.90. The molecule has 0 amide bonds. The minimum Gasteiger partial charge on any atom is -0.387 e. The van der Waals surface area contributed by atoms with Gasteiger partial charge >= 0.3 is 0 Å². The SMILES string of the molecule is CC(C)c1ccc(C(O)CNC2CCCCC2(C)C)cc1. The number of aliphatic hydroxyl groups excluding tert-OH is 1.